The zero-order valence-corrected chi connectivity index (χ0v) is 18.0. The number of carbonyl (C=O) groups is 1. The number of nitriles is 1. The number of nitrogens with one attached hydrogen (secondary N) is 2. The van der Waals surface area contributed by atoms with Crippen LogP contribution in [0.3, 0.4) is 0 Å². The number of hydrogen-bond acceptors (Lipinski definition) is 6. The molecule has 0 radical (unpaired) electrons. The minimum Gasteiger partial charge on any atom is -0.508 e. The largest absolute Gasteiger partial charge is 0.508 e. The molecule has 2 aliphatic carbocycles. The molecule has 3 unspecified atom stereocenters. The molecule has 3 atom stereocenters. The van der Waals surface area contributed by atoms with Gasteiger partial charge >= 0.3 is 0 Å². The van der Waals surface area contributed by atoms with Crippen molar-refractivity contribution < 1.29 is 14.6 Å². The first-order valence-corrected chi connectivity index (χ1v) is 11.3. The van der Waals surface area contributed by atoms with Crippen LogP contribution >= 0.6 is 0 Å². The van der Waals surface area contributed by atoms with Gasteiger partial charge in [-0.25, -0.2) is 9.97 Å². The molecular weight excluding hydrogens is 430 g/mol. The molecule has 1 amide bonds. The Morgan fingerprint density at radius 1 is 1.18 bits per heavy atom. The number of imidazole rings is 1. The molecule has 34 heavy (non-hydrogen) atoms. The Balaban J connectivity index is 1.19. The highest BCUT2D eigenvalue weighted by Crippen LogP contribution is 2.84. The number of aromatic nitrogens is 3. The summed E-state index contributed by atoms with van der Waals surface area (Å²) in [6, 6.07) is 14.7. The predicted octanol–water partition coefficient (Wildman–Crippen LogP) is 4.27. The van der Waals surface area contributed by atoms with Gasteiger partial charge < -0.3 is 20.1 Å². The third-order valence-corrected chi connectivity index (χ3v) is 7.39. The Kier molecular flexibility index (Phi) is 3.70. The van der Waals surface area contributed by atoms with Crippen molar-refractivity contribution in [3.05, 3.63) is 71.2 Å². The number of rotatable bonds is 4. The number of ether oxygens (including phenoxy) is 1. The molecule has 2 aromatic carbocycles. The smallest absolute Gasteiger partial charge is 0.225 e. The third kappa shape index (κ3) is 2.67. The van der Waals surface area contributed by atoms with Crippen LogP contribution in [0, 0.1) is 17.2 Å². The van der Waals surface area contributed by atoms with Crippen LogP contribution in [-0.2, 0) is 16.6 Å². The first-order valence-electron chi connectivity index (χ1n) is 11.3. The van der Waals surface area contributed by atoms with Crippen LogP contribution in [0.2, 0.25) is 0 Å². The number of nitrogens with zero attached hydrogens (tertiary/aromatic N) is 3. The van der Waals surface area contributed by atoms with Crippen molar-refractivity contribution in [2.45, 2.75) is 30.6 Å². The summed E-state index contributed by atoms with van der Waals surface area (Å²) in [6.07, 6.45) is 3.61. The van der Waals surface area contributed by atoms with Gasteiger partial charge in [0.25, 0.3) is 0 Å². The van der Waals surface area contributed by atoms with Crippen LogP contribution in [0.1, 0.15) is 41.3 Å². The van der Waals surface area contributed by atoms with Crippen molar-refractivity contribution >= 4 is 22.8 Å². The van der Waals surface area contributed by atoms with Crippen LogP contribution in [0.4, 0.5) is 5.82 Å². The monoisotopic (exact) mass is 449 g/mol. The van der Waals surface area contributed by atoms with E-state index >= 15 is 0 Å². The van der Waals surface area contributed by atoms with Gasteiger partial charge in [0, 0.05) is 35.1 Å². The van der Waals surface area contributed by atoms with E-state index in [4.69, 9.17) is 15.0 Å². The van der Waals surface area contributed by atoms with Gasteiger partial charge in [-0.1, -0.05) is 0 Å². The van der Waals surface area contributed by atoms with Gasteiger partial charge in [-0.05, 0) is 61.2 Å². The van der Waals surface area contributed by atoms with Crippen LogP contribution in [-0.4, -0.2) is 26.0 Å². The van der Waals surface area contributed by atoms with Gasteiger partial charge in [-0.2, -0.15) is 5.26 Å². The number of aromatic amines is 1. The Morgan fingerprint density at radius 2 is 2.09 bits per heavy atom. The third-order valence-electron chi connectivity index (χ3n) is 7.39. The van der Waals surface area contributed by atoms with E-state index in [9.17, 15) is 9.90 Å². The second-order valence-electron chi connectivity index (χ2n) is 9.26. The molecule has 8 nitrogen and oxygen atoms in total. The zero-order chi connectivity index (χ0) is 23.0. The number of amides is 1. The summed E-state index contributed by atoms with van der Waals surface area (Å²) in [6.45, 7) is 0. The van der Waals surface area contributed by atoms with Gasteiger partial charge in [-0.3, -0.25) is 4.79 Å². The first-order chi connectivity index (χ1) is 16.6. The maximum atomic E-state index is 11.7. The first kappa shape index (κ1) is 19.1. The number of phenols is 1. The molecule has 4 aromatic rings. The van der Waals surface area contributed by atoms with Gasteiger partial charge in [0.1, 0.15) is 28.9 Å². The van der Waals surface area contributed by atoms with E-state index in [1.54, 1.807) is 30.5 Å². The summed E-state index contributed by atoms with van der Waals surface area (Å²) in [4.78, 5) is 24.1. The molecule has 3 N–H and O–H groups in total. The second kappa shape index (κ2) is 6.58. The number of fused-ring (bicyclic) bond motifs is 3. The topological polar surface area (TPSA) is 124 Å². The van der Waals surface area contributed by atoms with Crippen molar-refractivity contribution in [2.75, 3.05) is 5.32 Å². The van der Waals surface area contributed by atoms with Crippen LogP contribution < -0.4 is 10.1 Å². The molecule has 1 aliphatic heterocycles. The van der Waals surface area contributed by atoms with Crippen molar-refractivity contribution in [1.29, 1.82) is 5.26 Å². The summed E-state index contributed by atoms with van der Waals surface area (Å²) in [5, 5.41) is 22.6. The van der Waals surface area contributed by atoms with E-state index in [0.717, 1.165) is 34.4 Å². The molecule has 0 bridgehead atoms. The van der Waals surface area contributed by atoms with E-state index in [1.807, 2.05) is 18.2 Å². The molecule has 2 saturated carbocycles. The van der Waals surface area contributed by atoms with Gasteiger partial charge in [0.2, 0.25) is 5.91 Å². The lowest BCUT2D eigenvalue weighted by atomic mass is 9.95. The van der Waals surface area contributed by atoms with Crippen molar-refractivity contribution in [3.63, 3.8) is 0 Å². The molecule has 0 saturated heterocycles. The van der Waals surface area contributed by atoms with Gasteiger partial charge in [-0.15, -0.1) is 0 Å². The molecule has 0 spiro atoms. The van der Waals surface area contributed by atoms with E-state index < -0.39 is 0 Å². The normalized spacial score (nSPS) is 24.0. The molecule has 8 heteroatoms. The summed E-state index contributed by atoms with van der Waals surface area (Å²) < 4.78 is 6.19. The maximum absolute atomic E-state index is 11.7. The fourth-order valence-electron chi connectivity index (χ4n) is 5.45. The predicted molar refractivity (Wildman–Crippen MR) is 123 cm³/mol. The molecule has 2 fully saturated rings. The SMILES string of the molecule is N#Cc1ccc2nc(C34CC3C4c3cc(Oc4ccnc5c4CCC(=O)N5)ccc3O)[nH]c2c1. The highest BCUT2D eigenvalue weighted by atomic mass is 16.5. The second-order valence-corrected chi connectivity index (χ2v) is 9.26. The van der Waals surface area contributed by atoms with E-state index in [2.05, 4.69) is 21.4 Å². The average molecular weight is 449 g/mol. The molecule has 7 rings (SSSR count). The van der Waals surface area contributed by atoms with E-state index in [0.29, 0.717) is 41.6 Å². The Bertz CT molecular complexity index is 1570. The fourth-order valence-corrected chi connectivity index (χ4v) is 5.45. The summed E-state index contributed by atoms with van der Waals surface area (Å²) in [5.74, 6) is 3.53. The summed E-state index contributed by atoms with van der Waals surface area (Å²) in [7, 11) is 0. The van der Waals surface area contributed by atoms with E-state index in [1.165, 1.54) is 0 Å². The zero-order valence-electron chi connectivity index (χ0n) is 18.0. The Morgan fingerprint density at radius 3 is 2.94 bits per heavy atom. The fraction of sp³-hybridized carbons (Fsp3) is 0.231. The molecule has 3 heterocycles. The van der Waals surface area contributed by atoms with Gasteiger partial charge in [0.05, 0.1) is 22.7 Å². The van der Waals surface area contributed by atoms with Crippen molar-refractivity contribution in [3.8, 4) is 23.3 Å². The number of benzene rings is 2. The van der Waals surface area contributed by atoms with Crippen LogP contribution in [0.25, 0.3) is 11.0 Å². The standard InChI is InChI=1S/C26H19N5O3/c27-12-13-1-4-18-19(9-13)30-25(29-18)26-11-17(26)23(26)16-10-14(2-5-20(16)32)34-21-7-8-28-24-15(21)3-6-22(33)31-24/h1-2,4-5,7-10,17,23,32H,3,6,11H2,(H,29,30)(H,28,31,33). The average Bonchev–Trinajstić information content (AvgIpc) is 3.67. The number of pyridine rings is 1. The highest BCUT2D eigenvalue weighted by molar-refractivity contribution is 5.93. The quantitative estimate of drug-likeness (QED) is 0.428. The molecule has 2 aromatic heterocycles. The number of phenolic OH excluding ortho intramolecular Hbond substituents is 1. The van der Waals surface area contributed by atoms with Crippen LogP contribution in [0.15, 0.2) is 48.7 Å². The molecule has 3 aliphatic rings. The van der Waals surface area contributed by atoms with Gasteiger partial charge in [0.15, 0.2) is 0 Å². The lowest BCUT2D eigenvalue weighted by molar-refractivity contribution is -0.116. The molecular formula is C26H19N5O3. The number of hydrogen-bond donors (Lipinski definition) is 3. The Hall–Kier alpha value is -4.38. The number of carbonyl (C=O) groups excluding carboxylic acids is 1. The lowest BCUT2D eigenvalue weighted by Gasteiger charge is -2.19. The number of aromatic hydroxyl groups is 1. The minimum absolute atomic E-state index is 0.0447. The number of H-pyrrole nitrogens is 1. The molecule has 166 valence electrons. The van der Waals surface area contributed by atoms with Crippen molar-refractivity contribution in [2.24, 2.45) is 5.92 Å². The maximum Gasteiger partial charge on any atom is 0.225 e. The summed E-state index contributed by atoms with van der Waals surface area (Å²) in [5.41, 5.74) is 3.93. The highest BCUT2D eigenvalue weighted by Gasteiger charge is 2.81. The van der Waals surface area contributed by atoms with Crippen molar-refractivity contribution in [1.82, 2.24) is 15.0 Å². The van der Waals surface area contributed by atoms with E-state index in [-0.39, 0.29) is 23.0 Å². The lowest BCUT2D eigenvalue weighted by Crippen LogP contribution is -2.20. The Labute approximate surface area is 194 Å². The minimum atomic E-state index is -0.0952. The van der Waals surface area contributed by atoms with Crippen LogP contribution in [0.5, 0.6) is 17.2 Å². The number of anilines is 1. The summed E-state index contributed by atoms with van der Waals surface area (Å²) >= 11 is 0.